The molecule has 1 aliphatic heterocycles. The normalized spacial score (nSPS) is 16.2. The van der Waals surface area contributed by atoms with E-state index in [0.717, 1.165) is 6.42 Å². The number of phenolic OH excluding ortho intramolecular Hbond substituents is 1. The molecule has 0 bridgehead atoms. The average Bonchev–Trinajstić information content (AvgIpc) is 2.58. The van der Waals surface area contributed by atoms with Gasteiger partial charge in [0.2, 0.25) is 0 Å². The van der Waals surface area contributed by atoms with Crippen LogP contribution in [0.4, 0.5) is 4.79 Å². The zero-order valence-corrected chi connectivity index (χ0v) is 14.7. The molecule has 1 aliphatic rings. The summed E-state index contributed by atoms with van der Waals surface area (Å²) in [6.45, 7) is 8.30. The molecule has 2 rings (SSSR count). The summed E-state index contributed by atoms with van der Waals surface area (Å²) in [5.41, 5.74) is 0.471. The Kier molecular flexibility index (Phi) is 6.06. The van der Waals surface area contributed by atoms with Gasteiger partial charge >= 0.3 is 6.03 Å². The summed E-state index contributed by atoms with van der Waals surface area (Å²) >= 11 is 0. The number of nitrogens with one attached hydrogen (secondary N) is 1. The first kappa shape index (κ1) is 18.1. The standard InChI is InChI=1S/C18H27N3O3/c1-4-16(13(2)3)19-18(24)21-10-8-20(9-11-21)17(23)14-6-5-7-15(22)12-14/h5-7,12-13,16,22H,4,8-11H2,1-3H3,(H,19,24). The van der Waals surface area contributed by atoms with Crippen LogP contribution in [-0.4, -0.2) is 59.1 Å². The molecule has 3 amide bonds. The number of benzene rings is 1. The minimum Gasteiger partial charge on any atom is -0.508 e. The minimum absolute atomic E-state index is 0.0556. The lowest BCUT2D eigenvalue weighted by Gasteiger charge is -2.36. The van der Waals surface area contributed by atoms with Gasteiger partial charge in [-0.1, -0.05) is 26.8 Å². The Morgan fingerprint density at radius 2 is 1.79 bits per heavy atom. The van der Waals surface area contributed by atoms with E-state index in [0.29, 0.717) is 37.7 Å². The molecule has 132 valence electrons. The molecule has 1 unspecified atom stereocenters. The lowest BCUT2D eigenvalue weighted by Crippen LogP contribution is -2.55. The molecule has 1 aromatic carbocycles. The predicted molar refractivity (Wildman–Crippen MR) is 93.0 cm³/mol. The molecule has 0 aliphatic carbocycles. The Bertz CT molecular complexity index is 581. The van der Waals surface area contributed by atoms with Gasteiger partial charge in [-0.05, 0) is 30.5 Å². The number of hydrogen-bond donors (Lipinski definition) is 2. The van der Waals surface area contributed by atoms with E-state index < -0.39 is 0 Å². The summed E-state index contributed by atoms with van der Waals surface area (Å²) in [7, 11) is 0. The maximum Gasteiger partial charge on any atom is 0.317 e. The second-order valence-electron chi connectivity index (χ2n) is 6.54. The number of rotatable bonds is 4. The molecule has 0 radical (unpaired) electrons. The summed E-state index contributed by atoms with van der Waals surface area (Å²) in [5.74, 6) is 0.366. The lowest BCUT2D eigenvalue weighted by atomic mass is 10.0. The molecule has 24 heavy (non-hydrogen) atoms. The van der Waals surface area contributed by atoms with Gasteiger partial charge in [0, 0.05) is 37.8 Å². The number of nitrogens with zero attached hydrogens (tertiary/aromatic N) is 2. The Morgan fingerprint density at radius 1 is 1.17 bits per heavy atom. The number of carbonyl (C=O) groups is 2. The van der Waals surface area contributed by atoms with Crippen LogP contribution in [0.5, 0.6) is 5.75 Å². The molecule has 1 aromatic rings. The third-order valence-electron chi connectivity index (χ3n) is 4.50. The zero-order chi connectivity index (χ0) is 17.7. The highest BCUT2D eigenvalue weighted by Gasteiger charge is 2.26. The summed E-state index contributed by atoms with van der Waals surface area (Å²) in [4.78, 5) is 28.3. The SMILES string of the molecule is CCC(NC(=O)N1CCN(C(=O)c2cccc(O)c2)CC1)C(C)C. The van der Waals surface area contributed by atoms with Crippen LogP contribution in [0.25, 0.3) is 0 Å². The molecule has 6 heteroatoms. The van der Waals surface area contributed by atoms with E-state index in [1.54, 1.807) is 21.9 Å². The fraction of sp³-hybridized carbons (Fsp3) is 0.556. The highest BCUT2D eigenvalue weighted by molar-refractivity contribution is 5.94. The average molecular weight is 333 g/mol. The van der Waals surface area contributed by atoms with Crippen molar-refractivity contribution < 1.29 is 14.7 Å². The van der Waals surface area contributed by atoms with Crippen molar-refractivity contribution in [3.05, 3.63) is 29.8 Å². The van der Waals surface area contributed by atoms with Crippen LogP contribution in [0.3, 0.4) is 0 Å². The molecular formula is C18H27N3O3. The van der Waals surface area contributed by atoms with Crippen molar-refractivity contribution in [2.45, 2.75) is 33.2 Å². The molecule has 0 saturated carbocycles. The molecule has 0 spiro atoms. The van der Waals surface area contributed by atoms with Crippen LogP contribution in [0.15, 0.2) is 24.3 Å². The molecular weight excluding hydrogens is 306 g/mol. The highest BCUT2D eigenvalue weighted by atomic mass is 16.3. The van der Waals surface area contributed by atoms with Gasteiger partial charge in [0.15, 0.2) is 0 Å². The fourth-order valence-electron chi connectivity index (χ4n) is 2.92. The Hall–Kier alpha value is -2.24. The maximum atomic E-state index is 12.4. The highest BCUT2D eigenvalue weighted by Crippen LogP contribution is 2.15. The Morgan fingerprint density at radius 3 is 2.33 bits per heavy atom. The molecule has 1 heterocycles. The van der Waals surface area contributed by atoms with Gasteiger partial charge in [0.05, 0.1) is 0 Å². The molecule has 6 nitrogen and oxygen atoms in total. The van der Waals surface area contributed by atoms with Gasteiger partial charge in [-0.15, -0.1) is 0 Å². The Labute approximate surface area is 143 Å². The van der Waals surface area contributed by atoms with E-state index in [9.17, 15) is 14.7 Å². The van der Waals surface area contributed by atoms with Crippen LogP contribution in [0, 0.1) is 5.92 Å². The van der Waals surface area contributed by atoms with Crippen LogP contribution < -0.4 is 5.32 Å². The second-order valence-corrected chi connectivity index (χ2v) is 6.54. The third kappa shape index (κ3) is 4.40. The van der Waals surface area contributed by atoms with Crippen LogP contribution >= 0.6 is 0 Å². The van der Waals surface area contributed by atoms with Crippen LogP contribution in [0.1, 0.15) is 37.6 Å². The van der Waals surface area contributed by atoms with Gasteiger partial charge in [-0.25, -0.2) is 4.79 Å². The van der Waals surface area contributed by atoms with Gasteiger partial charge < -0.3 is 20.2 Å². The second kappa shape index (κ2) is 8.04. The topological polar surface area (TPSA) is 72.9 Å². The number of piperazine rings is 1. The quantitative estimate of drug-likeness (QED) is 0.888. The first-order valence-electron chi connectivity index (χ1n) is 8.56. The maximum absolute atomic E-state index is 12.4. The number of amides is 3. The largest absolute Gasteiger partial charge is 0.508 e. The van der Waals surface area contributed by atoms with Crippen LogP contribution in [-0.2, 0) is 0 Å². The van der Waals surface area contributed by atoms with Crippen molar-refractivity contribution >= 4 is 11.9 Å². The molecule has 1 saturated heterocycles. The zero-order valence-electron chi connectivity index (χ0n) is 14.7. The smallest absolute Gasteiger partial charge is 0.317 e. The van der Waals surface area contributed by atoms with Gasteiger partial charge in [0.25, 0.3) is 5.91 Å². The molecule has 1 fully saturated rings. The van der Waals surface area contributed by atoms with Crippen molar-refractivity contribution in [3.63, 3.8) is 0 Å². The predicted octanol–water partition coefficient (Wildman–Crippen LogP) is 2.29. The van der Waals surface area contributed by atoms with Crippen molar-refractivity contribution in [2.75, 3.05) is 26.2 Å². The fourth-order valence-corrected chi connectivity index (χ4v) is 2.92. The van der Waals surface area contributed by atoms with Crippen molar-refractivity contribution in [1.29, 1.82) is 0 Å². The summed E-state index contributed by atoms with van der Waals surface area (Å²) in [6, 6.07) is 6.47. The molecule has 2 N–H and O–H groups in total. The molecule has 0 aromatic heterocycles. The monoisotopic (exact) mass is 333 g/mol. The van der Waals surface area contributed by atoms with Crippen molar-refractivity contribution in [2.24, 2.45) is 5.92 Å². The third-order valence-corrected chi connectivity index (χ3v) is 4.50. The minimum atomic E-state index is -0.112. The first-order chi connectivity index (χ1) is 11.4. The summed E-state index contributed by atoms with van der Waals surface area (Å²) in [5, 5.41) is 12.6. The molecule has 1 atom stereocenters. The van der Waals surface area contributed by atoms with Crippen molar-refractivity contribution in [1.82, 2.24) is 15.1 Å². The van der Waals surface area contributed by atoms with Gasteiger partial charge in [0.1, 0.15) is 5.75 Å². The van der Waals surface area contributed by atoms with Gasteiger partial charge in [-0.3, -0.25) is 4.79 Å². The van der Waals surface area contributed by atoms with E-state index in [-0.39, 0.29) is 23.7 Å². The summed E-state index contributed by atoms with van der Waals surface area (Å²) in [6.07, 6.45) is 0.902. The lowest BCUT2D eigenvalue weighted by molar-refractivity contribution is 0.0662. The number of urea groups is 1. The number of aromatic hydroxyl groups is 1. The summed E-state index contributed by atoms with van der Waals surface area (Å²) < 4.78 is 0. The van der Waals surface area contributed by atoms with E-state index in [1.807, 2.05) is 0 Å². The Balaban J connectivity index is 1.89. The van der Waals surface area contributed by atoms with E-state index in [2.05, 4.69) is 26.1 Å². The van der Waals surface area contributed by atoms with E-state index in [4.69, 9.17) is 0 Å². The number of carbonyl (C=O) groups excluding carboxylic acids is 2. The van der Waals surface area contributed by atoms with Crippen molar-refractivity contribution in [3.8, 4) is 5.75 Å². The van der Waals surface area contributed by atoms with Crippen LogP contribution in [0.2, 0.25) is 0 Å². The first-order valence-corrected chi connectivity index (χ1v) is 8.56. The van der Waals surface area contributed by atoms with E-state index >= 15 is 0 Å². The van der Waals surface area contributed by atoms with Gasteiger partial charge in [-0.2, -0.15) is 0 Å². The number of hydrogen-bond acceptors (Lipinski definition) is 3. The van der Waals surface area contributed by atoms with E-state index in [1.165, 1.54) is 12.1 Å². The number of phenols is 1.